The lowest BCUT2D eigenvalue weighted by atomic mass is 10.0. The Morgan fingerprint density at radius 1 is 0.262 bits per heavy atom. The lowest BCUT2D eigenvalue weighted by molar-refractivity contribution is -0.161. The maximum atomic E-state index is 13.0. The lowest BCUT2D eigenvalue weighted by Crippen LogP contribution is -2.30. The number of aliphatic hydroxyl groups is 2. The van der Waals surface area contributed by atoms with Crippen molar-refractivity contribution in [1.29, 1.82) is 0 Å². The van der Waals surface area contributed by atoms with Gasteiger partial charge in [-0.15, -0.1) is 0 Å². The molecular weight excluding hydrogens is 1390 g/mol. The van der Waals surface area contributed by atoms with Gasteiger partial charge in [-0.1, -0.05) is 312 Å². The number of rotatable bonds is 76. The molecule has 0 radical (unpaired) electrons. The van der Waals surface area contributed by atoms with Crippen LogP contribution in [0.1, 0.15) is 303 Å². The molecule has 18 heteroatoms. The topological polar surface area (TPSA) is 231 Å². The minimum absolute atomic E-state index is 0.0659. The van der Waals surface area contributed by atoms with E-state index in [1.165, 1.54) is 64.2 Å². The number of hydrogen-bond donors (Lipinski definition) is 4. The van der Waals surface area contributed by atoms with E-state index in [9.17, 15) is 43.5 Å². The zero-order valence-electron chi connectivity index (χ0n) is 66.5. The van der Waals surface area contributed by atoms with Crippen molar-refractivity contribution in [2.45, 2.75) is 322 Å². The molecule has 0 rings (SSSR count). The van der Waals surface area contributed by atoms with Crippen LogP contribution in [-0.2, 0) is 55.8 Å². The van der Waals surface area contributed by atoms with Gasteiger partial charge in [0.05, 0.1) is 26.4 Å². The van der Waals surface area contributed by atoms with E-state index in [2.05, 4.69) is 203 Å². The van der Waals surface area contributed by atoms with Crippen molar-refractivity contribution >= 4 is 33.6 Å². The van der Waals surface area contributed by atoms with Gasteiger partial charge in [-0.05, 0) is 154 Å². The van der Waals surface area contributed by atoms with Gasteiger partial charge in [-0.2, -0.15) is 0 Å². The van der Waals surface area contributed by atoms with E-state index in [0.717, 1.165) is 180 Å². The van der Waals surface area contributed by atoms with Crippen molar-refractivity contribution < 1.29 is 75.8 Å². The van der Waals surface area contributed by atoms with Crippen molar-refractivity contribution in [2.24, 2.45) is 0 Å². The molecule has 0 saturated heterocycles. The third-order valence-corrected chi connectivity index (χ3v) is 18.5. The molecule has 107 heavy (non-hydrogen) atoms. The summed E-state index contributed by atoms with van der Waals surface area (Å²) >= 11 is 0. The summed E-state index contributed by atoms with van der Waals surface area (Å²) in [6, 6.07) is 0. The van der Waals surface area contributed by atoms with Crippen LogP contribution < -0.4 is 0 Å². The van der Waals surface area contributed by atoms with E-state index >= 15 is 0 Å². The predicted octanol–water partition coefficient (Wildman–Crippen LogP) is 24.5. The average molecular weight is 1530 g/mol. The molecule has 0 heterocycles. The summed E-state index contributed by atoms with van der Waals surface area (Å²) in [7, 11) is -9.82. The van der Waals surface area contributed by atoms with E-state index in [1.807, 2.05) is 0 Å². The summed E-state index contributed by atoms with van der Waals surface area (Å²) in [5, 5.41) is 20.7. The van der Waals surface area contributed by atoms with Crippen LogP contribution in [0.4, 0.5) is 0 Å². The number of hydrogen-bond acceptors (Lipinski definition) is 14. The molecule has 5 atom stereocenters. The molecule has 4 N–H and O–H groups in total. The zero-order valence-corrected chi connectivity index (χ0v) is 68.3. The Morgan fingerprint density at radius 3 is 0.738 bits per heavy atom. The Bertz CT molecular complexity index is 2670. The van der Waals surface area contributed by atoms with Crippen LogP contribution in [0, 0.1) is 0 Å². The Morgan fingerprint density at radius 2 is 0.467 bits per heavy atom. The third-order valence-electron chi connectivity index (χ3n) is 16.6. The molecule has 0 aromatic heterocycles. The maximum absolute atomic E-state index is 13.0. The molecule has 16 nitrogen and oxygen atoms in total. The summed E-state index contributed by atoms with van der Waals surface area (Å²) in [6.07, 6.45) is 104. The van der Waals surface area contributed by atoms with Gasteiger partial charge < -0.3 is 34.2 Å². The second-order valence-electron chi connectivity index (χ2n) is 26.8. The Labute approximate surface area is 649 Å². The molecule has 0 fully saturated rings. The predicted molar refractivity (Wildman–Crippen MR) is 445 cm³/mol. The normalized spacial score (nSPS) is 14.9. The monoisotopic (exact) mass is 1530 g/mol. The first-order chi connectivity index (χ1) is 52.2. The fraction of sp³-hybridized carbons (Fsp3) is 0.629. The number of phosphoric acid groups is 2. The molecule has 0 aliphatic carbocycles. The summed E-state index contributed by atoms with van der Waals surface area (Å²) < 4.78 is 61.2. The van der Waals surface area contributed by atoms with Crippen LogP contribution in [-0.4, -0.2) is 95.9 Å². The summed E-state index contributed by atoms with van der Waals surface area (Å²) in [4.78, 5) is 58.7. The number of unbranched alkanes of at least 4 members (excludes halogenated alkanes) is 23. The standard InChI is InChI=1S/C89H146O16P2/c1-4-7-10-13-16-19-22-25-28-31-33-35-36-37-38-39-40-41-42-43-44-45-46-48-50-52-54-57-60-63-66-69-72-75-87(92)99-78-84(90)79-101-106(95,96)102-80-85(91)81-103-107(97,98)104-83-86(105-89(94)77-74-71-68-65-62-59-56-51-30-27-24-21-18-15-12-9-6-3)82-100-88(93)76-73-70-67-64-61-58-55-53-49-47-34-32-29-26-23-20-17-14-11-8-5-2/h7-12,16-21,25-30,33-35,37-38,40-41,47,53,55-56,59,84-86,90-91H,4-6,13-15,22-24,31-32,36,39,42-46,48-52,54,57-58,60-83H2,1-3H3,(H,95,96)(H,97,98)/b10-7-,11-8-,12-9-,19-16-,20-17-,21-18-,28-25-,29-26-,30-27-,35-33-,38-37-,41-40-,47-34-,55-53-,59-56-. The van der Waals surface area contributed by atoms with Gasteiger partial charge in [0.2, 0.25) is 0 Å². The van der Waals surface area contributed by atoms with Crippen molar-refractivity contribution in [1.82, 2.24) is 0 Å². The second kappa shape index (κ2) is 80.2. The van der Waals surface area contributed by atoms with Crippen LogP contribution >= 0.6 is 15.6 Å². The Balaban J connectivity index is 4.54. The number of carbonyl (C=O) groups excluding carboxylic acids is 3. The average Bonchev–Trinajstić information content (AvgIpc) is 0.907. The SMILES string of the molecule is CC/C=C\C/C=C\C/C=C\C/C=C\C/C=C\C/C=C\CCCCCCCCCCCCCCCCC(=O)OCC(O)COP(=O)(O)OCC(O)COP(=O)(O)OCC(COC(=O)CCCCCCC/C=C\C/C=C\C/C=C\C/C=C\C/C=C\CC)OC(=O)CCCCCC/C=C\C/C=C\C/C=C\C/C=C\CC. The molecule has 0 saturated carbocycles. The van der Waals surface area contributed by atoms with Gasteiger partial charge in [0.1, 0.15) is 25.4 Å². The van der Waals surface area contributed by atoms with Gasteiger partial charge in [0.15, 0.2) is 6.10 Å². The molecule has 0 spiro atoms. The molecule has 0 bridgehead atoms. The van der Waals surface area contributed by atoms with Gasteiger partial charge >= 0.3 is 33.6 Å². The zero-order chi connectivity index (χ0) is 78.0. The molecule has 0 aliphatic rings. The summed E-state index contributed by atoms with van der Waals surface area (Å²) in [5.74, 6) is -1.63. The molecule has 608 valence electrons. The Kier molecular flexibility index (Phi) is 76.2. The molecule has 5 unspecified atom stereocenters. The van der Waals surface area contributed by atoms with Gasteiger partial charge in [-0.3, -0.25) is 32.5 Å². The van der Waals surface area contributed by atoms with Gasteiger partial charge in [0.25, 0.3) is 0 Å². The molecular formula is C89H146O16P2. The number of esters is 3. The fourth-order valence-electron chi connectivity index (χ4n) is 10.5. The summed E-state index contributed by atoms with van der Waals surface area (Å²) in [6.45, 7) is 2.28. The fourth-order valence-corrected chi connectivity index (χ4v) is 12.1. The third kappa shape index (κ3) is 81.5. The number of aliphatic hydroxyl groups excluding tert-OH is 2. The number of ether oxygens (including phenoxy) is 3. The van der Waals surface area contributed by atoms with Crippen LogP contribution in [0.2, 0.25) is 0 Å². The molecule has 0 aromatic carbocycles. The van der Waals surface area contributed by atoms with E-state index < -0.39 is 91.5 Å². The van der Waals surface area contributed by atoms with Crippen LogP contribution in [0.3, 0.4) is 0 Å². The van der Waals surface area contributed by atoms with Crippen LogP contribution in [0.15, 0.2) is 182 Å². The van der Waals surface area contributed by atoms with Crippen molar-refractivity contribution in [3.63, 3.8) is 0 Å². The molecule has 0 aliphatic heterocycles. The second-order valence-corrected chi connectivity index (χ2v) is 29.7. The van der Waals surface area contributed by atoms with E-state index in [0.29, 0.717) is 19.3 Å². The first-order valence-corrected chi connectivity index (χ1v) is 44.1. The number of carbonyl (C=O) groups is 3. The minimum atomic E-state index is -4.95. The largest absolute Gasteiger partial charge is 0.472 e. The van der Waals surface area contributed by atoms with E-state index in [-0.39, 0.29) is 19.3 Å². The smallest absolute Gasteiger partial charge is 0.463 e. The minimum Gasteiger partial charge on any atom is -0.463 e. The maximum Gasteiger partial charge on any atom is 0.472 e. The highest BCUT2D eigenvalue weighted by Gasteiger charge is 2.29. The lowest BCUT2D eigenvalue weighted by Gasteiger charge is -2.21. The van der Waals surface area contributed by atoms with Crippen molar-refractivity contribution in [3.8, 4) is 0 Å². The first kappa shape index (κ1) is 102. The highest BCUT2D eigenvalue weighted by atomic mass is 31.2. The number of phosphoric ester groups is 2. The van der Waals surface area contributed by atoms with Crippen LogP contribution in [0.5, 0.6) is 0 Å². The van der Waals surface area contributed by atoms with Crippen molar-refractivity contribution in [2.75, 3.05) is 39.6 Å². The first-order valence-electron chi connectivity index (χ1n) is 41.1. The van der Waals surface area contributed by atoms with Crippen LogP contribution in [0.25, 0.3) is 0 Å². The molecule has 0 amide bonds. The van der Waals surface area contributed by atoms with E-state index in [4.69, 9.17) is 32.3 Å². The van der Waals surface area contributed by atoms with Gasteiger partial charge in [0, 0.05) is 19.3 Å². The number of allylic oxidation sites excluding steroid dienone is 30. The highest BCUT2D eigenvalue weighted by Crippen LogP contribution is 2.45. The highest BCUT2D eigenvalue weighted by molar-refractivity contribution is 7.47. The Hall–Kier alpha value is -5.35. The molecule has 0 aromatic rings. The summed E-state index contributed by atoms with van der Waals surface area (Å²) in [5.41, 5.74) is 0. The van der Waals surface area contributed by atoms with Crippen molar-refractivity contribution in [3.05, 3.63) is 182 Å². The van der Waals surface area contributed by atoms with Gasteiger partial charge in [-0.25, -0.2) is 9.13 Å². The quantitative estimate of drug-likeness (QED) is 0.0146. The van der Waals surface area contributed by atoms with E-state index in [1.54, 1.807) is 0 Å².